The zero-order valence-electron chi connectivity index (χ0n) is 28.5. The highest BCUT2D eigenvalue weighted by Gasteiger charge is 2.77. The number of halogens is 2. The van der Waals surface area contributed by atoms with Crippen LogP contribution in [0, 0.1) is 17.8 Å². The second kappa shape index (κ2) is 15.8. The molecule has 2 bridgehead atoms. The smallest absolute Gasteiger partial charge is 0.313 e. The number of aliphatic hydroxyl groups is 1. The Kier molecular flexibility index (Phi) is 11.9. The molecule has 2 aromatic rings. The van der Waals surface area contributed by atoms with E-state index >= 15 is 0 Å². The first-order valence-electron chi connectivity index (χ1n) is 17.0. The van der Waals surface area contributed by atoms with E-state index in [1.807, 2.05) is 44.2 Å². The number of amides is 3. The summed E-state index contributed by atoms with van der Waals surface area (Å²) >= 11 is 9.88. The van der Waals surface area contributed by atoms with E-state index in [1.165, 1.54) is 9.80 Å². The predicted molar refractivity (Wildman–Crippen MR) is 195 cm³/mol. The molecule has 0 aliphatic carbocycles. The number of alkyl halides is 1. The number of allylic oxidation sites excluding steroid dienone is 1. The second-order valence-electron chi connectivity index (χ2n) is 13.6. The van der Waals surface area contributed by atoms with Crippen molar-refractivity contribution in [3.63, 3.8) is 0 Å². The van der Waals surface area contributed by atoms with Gasteiger partial charge in [0.2, 0.25) is 11.8 Å². The Hall–Kier alpha value is -3.51. The van der Waals surface area contributed by atoms with E-state index in [2.05, 4.69) is 34.4 Å². The fourth-order valence-electron chi connectivity index (χ4n) is 7.75. The summed E-state index contributed by atoms with van der Waals surface area (Å²) in [6, 6.07) is 13.4. The molecular weight excluding hydrogens is 726 g/mol. The molecule has 0 aromatic heterocycles. The molecule has 3 fully saturated rings. The molecule has 10 nitrogen and oxygen atoms in total. The lowest BCUT2D eigenvalue weighted by molar-refractivity contribution is -0.162. The van der Waals surface area contributed by atoms with Crippen molar-refractivity contribution in [1.82, 2.24) is 10.2 Å². The highest BCUT2D eigenvalue weighted by Crippen LogP contribution is 2.61. The molecule has 2 aromatic carbocycles. The minimum absolute atomic E-state index is 0.132. The van der Waals surface area contributed by atoms with Gasteiger partial charge in [0.05, 0.1) is 36.6 Å². The summed E-state index contributed by atoms with van der Waals surface area (Å²) in [5.74, 6) is -4.10. The zero-order valence-corrected chi connectivity index (χ0v) is 30.9. The van der Waals surface area contributed by atoms with Gasteiger partial charge >= 0.3 is 5.97 Å². The monoisotopic (exact) mass is 769 g/mol. The third-order valence-corrected chi connectivity index (χ3v) is 11.1. The number of hydrogen-bond donors (Lipinski definition) is 2. The molecule has 5 rings (SSSR count). The molecule has 0 radical (unpaired) electrons. The topological polar surface area (TPSA) is 125 Å². The van der Waals surface area contributed by atoms with Crippen LogP contribution in [0.1, 0.15) is 51.7 Å². The van der Waals surface area contributed by atoms with Gasteiger partial charge in [-0.15, -0.1) is 13.2 Å². The summed E-state index contributed by atoms with van der Waals surface area (Å²) in [5.41, 5.74) is -0.176. The van der Waals surface area contributed by atoms with Gasteiger partial charge in [-0.1, -0.05) is 83.9 Å². The first-order chi connectivity index (χ1) is 23.9. The Morgan fingerprint density at radius 3 is 2.42 bits per heavy atom. The van der Waals surface area contributed by atoms with Gasteiger partial charge in [-0.2, -0.15) is 0 Å². The maximum atomic E-state index is 14.9. The van der Waals surface area contributed by atoms with Crippen LogP contribution in [0.4, 0.5) is 5.69 Å². The van der Waals surface area contributed by atoms with Crippen molar-refractivity contribution in [3.8, 4) is 0 Å². The van der Waals surface area contributed by atoms with Crippen molar-refractivity contribution in [2.24, 2.45) is 17.8 Å². The molecule has 12 heteroatoms. The van der Waals surface area contributed by atoms with Crippen LogP contribution >= 0.6 is 27.5 Å². The standard InChI is InChI=1S/C38H45BrClN3O7/c1-6-8-14-29(45)41-23(5)32(24-12-10-9-11-13-24)49-37(48)30-31-35(46)43(28(21-44)22(3)4)34(38(31)20-27(39)33(30)50-38)36(47)42(19-7-2)26-17-15-25(40)16-18-26/h6-7,9-13,15-18,22-23,27-28,30-34,44H,1-2,8,14,19-21H2,3-5H3,(H,41,45)/t23-,27?,28-,30-,31+,32-,33-,34-,38+/m0/s1. The quantitative estimate of drug-likeness (QED) is 0.142. The van der Waals surface area contributed by atoms with E-state index in [9.17, 15) is 24.3 Å². The number of carbonyl (C=O) groups is 4. The summed E-state index contributed by atoms with van der Waals surface area (Å²) in [5, 5.41) is 14.1. The number of benzene rings is 2. The first-order valence-corrected chi connectivity index (χ1v) is 18.3. The number of rotatable bonds is 15. The van der Waals surface area contributed by atoms with Crippen molar-refractivity contribution in [2.45, 2.75) is 80.8 Å². The number of fused-ring (bicyclic) bond motifs is 1. The lowest BCUT2D eigenvalue weighted by Gasteiger charge is -2.40. The zero-order chi connectivity index (χ0) is 36.3. The molecule has 50 heavy (non-hydrogen) atoms. The number of anilines is 1. The fourth-order valence-corrected chi connectivity index (χ4v) is 8.82. The number of esters is 1. The fraction of sp³-hybridized carbons (Fsp3) is 0.474. The SMILES string of the molecule is C=CCCC(=O)N[C@@H](C)[C@H](OC(=O)[C@@H]1[C@H]2O[C@@]3(CC2Br)[C@H](C(=O)N(CC=C)c2ccc(Cl)cc2)N([C@@H](CO)C(C)C)C(=O)[C@@H]13)c1ccccc1. The van der Waals surface area contributed by atoms with Gasteiger partial charge in [-0.25, -0.2) is 0 Å². The minimum Gasteiger partial charge on any atom is -0.455 e. The van der Waals surface area contributed by atoms with Crippen LogP contribution in [0.2, 0.25) is 5.02 Å². The van der Waals surface area contributed by atoms with Crippen molar-refractivity contribution in [1.29, 1.82) is 0 Å². The molecule has 1 spiro atoms. The molecule has 3 amide bonds. The molecule has 3 heterocycles. The summed E-state index contributed by atoms with van der Waals surface area (Å²) in [6.07, 6.45) is 2.62. The van der Waals surface area contributed by atoms with Crippen LogP contribution in [0.25, 0.3) is 0 Å². The number of carbonyl (C=O) groups excluding carboxylic acids is 4. The Morgan fingerprint density at radius 2 is 1.82 bits per heavy atom. The van der Waals surface area contributed by atoms with Crippen molar-refractivity contribution < 1.29 is 33.8 Å². The van der Waals surface area contributed by atoms with Crippen LogP contribution in [0.15, 0.2) is 79.9 Å². The molecule has 268 valence electrons. The molecule has 3 aliphatic heterocycles. The molecule has 0 saturated carbocycles. The third kappa shape index (κ3) is 7.02. The molecular formula is C38H45BrClN3O7. The highest BCUT2D eigenvalue weighted by atomic mass is 79.9. The van der Waals surface area contributed by atoms with Gasteiger partial charge in [-0.05, 0) is 55.5 Å². The van der Waals surface area contributed by atoms with Gasteiger partial charge in [0.25, 0.3) is 5.91 Å². The van der Waals surface area contributed by atoms with Crippen molar-refractivity contribution in [2.75, 3.05) is 18.1 Å². The van der Waals surface area contributed by atoms with Crippen molar-refractivity contribution >= 4 is 56.9 Å². The van der Waals surface area contributed by atoms with Crippen LogP contribution in [-0.4, -0.2) is 81.5 Å². The Labute approximate surface area is 306 Å². The number of likely N-dealkylation sites (tertiary alicyclic amines) is 1. The third-order valence-electron chi connectivity index (χ3n) is 10.1. The van der Waals surface area contributed by atoms with Crippen LogP contribution in [0.3, 0.4) is 0 Å². The predicted octanol–water partition coefficient (Wildman–Crippen LogP) is 5.38. The molecule has 2 N–H and O–H groups in total. The summed E-state index contributed by atoms with van der Waals surface area (Å²) in [4.78, 5) is 59.4. The Bertz CT molecular complexity index is 1590. The van der Waals surface area contributed by atoms with Crippen LogP contribution < -0.4 is 10.2 Å². The Balaban J connectivity index is 1.54. The number of nitrogens with zero attached hydrogens (tertiary/aromatic N) is 2. The van der Waals surface area contributed by atoms with Gasteiger partial charge in [0, 0.05) is 28.5 Å². The average Bonchev–Trinajstić information content (AvgIpc) is 3.69. The van der Waals surface area contributed by atoms with Gasteiger partial charge in [0.15, 0.2) is 0 Å². The largest absolute Gasteiger partial charge is 0.455 e. The number of nitrogens with one attached hydrogen (secondary N) is 1. The van der Waals surface area contributed by atoms with E-state index in [-0.39, 0.29) is 36.0 Å². The highest BCUT2D eigenvalue weighted by molar-refractivity contribution is 9.09. The van der Waals surface area contributed by atoms with Gasteiger partial charge < -0.3 is 29.7 Å². The lowest BCUT2D eigenvalue weighted by Crippen LogP contribution is -2.60. The molecule has 9 atom stereocenters. The van der Waals surface area contributed by atoms with Crippen molar-refractivity contribution in [3.05, 3.63) is 90.5 Å². The summed E-state index contributed by atoms with van der Waals surface area (Å²) in [7, 11) is 0. The van der Waals surface area contributed by atoms with E-state index in [0.29, 0.717) is 22.7 Å². The van der Waals surface area contributed by atoms with E-state index in [4.69, 9.17) is 21.1 Å². The second-order valence-corrected chi connectivity index (χ2v) is 15.2. The first kappa shape index (κ1) is 37.7. The van der Waals surface area contributed by atoms with E-state index in [0.717, 1.165) is 0 Å². The van der Waals surface area contributed by atoms with E-state index < -0.39 is 72.2 Å². The van der Waals surface area contributed by atoms with E-state index in [1.54, 1.807) is 43.3 Å². The Morgan fingerprint density at radius 1 is 1.14 bits per heavy atom. The van der Waals surface area contributed by atoms with Gasteiger partial charge in [0.1, 0.15) is 17.7 Å². The number of ether oxygens (including phenoxy) is 2. The lowest BCUT2D eigenvalue weighted by atomic mass is 9.70. The average molecular weight is 771 g/mol. The summed E-state index contributed by atoms with van der Waals surface area (Å²) in [6.45, 7) is 12.8. The number of hydrogen-bond acceptors (Lipinski definition) is 7. The normalized spacial score (nSPS) is 27.0. The van der Waals surface area contributed by atoms with Gasteiger partial charge in [-0.3, -0.25) is 19.2 Å². The molecule has 3 aliphatic rings. The molecule has 1 unspecified atom stereocenters. The van der Waals surface area contributed by atoms with Crippen LogP contribution in [-0.2, 0) is 28.7 Å². The minimum atomic E-state index is -1.39. The number of aliphatic hydroxyl groups excluding tert-OH is 1. The molecule has 3 saturated heterocycles. The maximum Gasteiger partial charge on any atom is 0.313 e. The maximum absolute atomic E-state index is 14.9. The summed E-state index contributed by atoms with van der Waals surface area (Å²) < 4.78 is 13.0. The van der Waals surface area contributed by atoms with Crippen LogP contribution in [0.5, 0.6) is 0 Å².